The Hall–Kier alpha value is -2.68. The van der Waals surface area contributed by atoms with Crippen LogP contribution in [-0.4, -0.2) is 39.3 Å². The molecule has 0 atom stereocenters. The molecule has 0 bridgehead atoms. The lowest BCUT2D eigenvalue weighted by Gasteiger charge is -2.08. The number of aromatic nitrogens is 2. The number of carbonyl (C=O) groups excluding carboxylic acids is 2. The third kappa shape index (κ3) is 3.62. The molecule has 0 radical (unpaired) electrons. The average molecular weight is 351 g/mol. The smallest absolute Gasteiger partial charge is 0.341 e. The monoisotopic (exact) mass is 351 g/mol. The van der Waals surface area contributed by atoms with Crippen molar-refractivity contribution in [2.75, 3.05) is 11.9 Å². The number of rotatable bonds is 6. The molecule has 0 aromatic carbocycles. The molecule has 2 heterocycles. The molecule has 2 aromatic heterocycles. The number of nitrogens with zero attached hydrogens (tertiary/aromatic N) is 2. The summed E-state index contributed by atoms with van der Waals surface area (Å²) in [5, 5.41) is 15.7. The SMILES string of the molecule is CCOC(=O)c1c(NC(=O)c2ccnn2CC(=O)O)sc(C)c1C. The molecule has 0 saturated heterocycles. The van der Waals surface area contributed by atoms with Gasteiger partial charge in [-0.15, -0.1) is 11.3 Å². The third-order valence-corrected chi connectivity index (χ3v) is 4.45. The summed E-state index contributed by atoms with van der Waals surface area (Å²) in [5.41, 5.74) is 1.15. The van der Waals surface area contributed by atoms with E-state index in [2.05, 4.69) is 10.4 Å². The van der Waals surface area contributed by atoms with E-state index in [9.17, 15) is 14.4 Å². The molecule has 9 heteroatoms. The highest BCUT2D eigenvalue weighted by Gasteiger charge is 2.23. The Bertz CT molecular complexity index is 793. The van der Waals surface area contributed by atoms with Gasteiger partial charge in [0.15, 0.2) is 0 Å². The van der Waals surface area contributed by atoms with E-state index in [1.54, 1.807) is 13.8 Å². The minimum Gasteiger partial charge on any atom is -0.480 e. The Labute approximate surface area is 142 Å². The van der Waals surface area contributed by atoms with Gasteiger partial charge in [-0.05, 0) is 32.4 Å². The molecule has 8 nitrogen and oxygen atoms in total. The van der Waals surface area contributed by atoms with Crippen molar-refractivity contribution < 1.29 is 24.2 Å². The summed E-state index contributed by atoms with van der Waals surface area (Å²) in [4.78, 5) is 36.2. The summed E-state index contributed by atoms with van der Waals surface area (Å²) >= 11 is 1.26. The molecule has 2 N–H and O–H groups in total. The fourth-order valence-electron chi connectivity index (χ4n) is 2.11. The maximum atomic E-state index is 12.4. The van der Waals surface area contributed by atoms with E-state index < -0.39 is 24.4 Å². The van der Waals surface area contributed by atoms with Gasteiger partial charge in [0.1, 0.15) is 17.2 Å². The number of aryl methyl sites for hydroxylation is 1. The molecule has 0 saturated carbocycles. The van der Waals surface area contributed by atoms with Gasteiger partial charge in [-0.3, -0.25) is 9.59 Å². The fraction of sp³-hybridized carbons (Fsp3) is 0.333. The topological polar surface area (TPSA) is 111 Å². The zero-order valence-corrected chi connectivity index (χ0v) is 14.3. The first-order chi connectivity index (χ1) is 11.3. The van der Waals surface area contributed by atoms with Crippen molar-refractivity contribution in [3.8, 4) is 0 Å². The molecule has 0 aliphatic rings. The minimum absolute atomic E-state index is 0.0934. The maximum Gasteiger partial charge on any atom is 0.341 e. The molecule has 0 fully saturated rings. The second-order valence-electron chi connectivity index (χ2n) is 4.93. The van der Waals surface area contributed by atoms with Gasteiger partial charge in [0, 0.05) is 11.1 Å². The van der Waals surface area contributed by atoms with Gasteiger partial charge in [0.2, 0.25) is 0 Å². The first-order valence-corrected chi connectivity index (χ1v) is 7.98. The van der Waals surface area contributed by atoms with Crippen molar-refractivity contribution >= 4 is 34.2 Å². The van der Waals surface area contributed by atoms with Crippen LogP contribution in [0.5, 0.6) is 0 Å². The van der Waals surface area contributed by atoms with Crippen molar-refractivity contribution in [2.45, 2.75) is 27.3 Å². The predicted molar refractivity (Wildman–Crippen MR) is 87.6 cm³/mol. The number of esters is 1. The van der Waals surface area contributed by atoms with Gasteiger partial charge >= 0.3 is 11.9 Å². The zero-order chi connectivity index (χ0) is 17.9. The summed E-state index contributed by atoms with van der Waals surface area (Å²) < 4.78 is 6.11. The zero-order valence-electron chi connectivity index (χ0n) is 13.5. The summed E-state index contributed by atoms with van der Waals surface area (Å²) in [5.74, 6) is -2.16. The van der Waals surface area contributed by atoms with Crippen LogP contribution in [0.4, 0.5) is 5.00 Å². The number of amides is 1. The molecule has 0 spiro atoms. The molecule has 0 aliphatic carbocycles. The number of nitrogens with one attached hydrogen (secondary N) is 1. The molecule has 2 rings (SSSR count). The van der Waals surface area contributed by atoms with Crippen LogP contribution in [0, 0.1) is 13.8 Å². The molecule has 0 unspecified atom stereocenters. The van der Waals surface area contributed by atoms with Crippen LogP contribution in [-0.2, 0) is 16.1 Å². The molecular formula is C15H17N3O5S. The van der Waals surface area contributed by atoms with Crippen molar-refractivity contribution in [1.82, 2.24) is 9.78 Å². The second kappa shape index (κ2) is 7.26. The highest BCUT2D eigenvalue weighted by atomic mass is 32.1. The van der Waals surface area contributed by atoms with Gasteiger partial charge < -0.3 is 15.2 Å². The van der Waals surface area contributed by atoms with E-state index in [1.165, 1.54) is 23.6 Å². The summed E-state index contributed by atoms with van der Waals surface area (Å²) in [6.07, 6.45) is 1.34. The Morgan fingerprint density at radius 1 is 1.38 bits per heavy atom. The predicted octanol–water partition coefficient (Wildman–Crippen LogP) is 2.08. The maximum absolute atomic E-state index is 12.4. The first-order valence-electron chi connectivity index (χ1n) is 7.17. The van der Waals surface area contributed by atoms with E-state index in [-0.39, 0.29) is 12.3 Å². The van der Waals surface area contributed by atoms with E-state index in [1.807, 2.05) is 6.92 Å². The van der Waals surface area contributed by atoms with Crippen LogP contribution in [0.25, 0.3) is 0 Å². The molecule has 128 valence electrons. The number of hydrogen-bond acceptors (Lipinski definition) is 6. The number of ether oxygens (including phenoxy) is 1. The number of carboxylic acids is 1. The number of carbonyl (C=O) groups is 3. The normalized spacial score (nSPS) is 10.5. The minimum atomic E-state index is -1.11. The Morgan fingerprint density at radius 3 is 2.71 bits per heavy atom. The number of carboxylic acid groups (broad SMARTS) is 1. The number of hydrogen-bond donors (Lipinski definition) is 2. The van der Waals surface area contributed by atoms with E-state index in [0.717, 1.165) is 15.1 Å². The standard InChI is InChI=1S/C15H17N3O5S/c1-4-23-15(22)12-8(2)9(3)24-14(12)17-13(21)10-5-6-16-18(10)7-11(19)20/h5-6H,4,7H2,1-3H3,(H,17,21)(H,19,20). The quantitative estimate of drug-likeness (QED) is 0.771. The number of thiophene rings is 1. The first kappa shape index (κ1) is 17.7. The van der Waals surface area contributed by atoms with E-state index in [4.69, 9.17) is 9.84 Å². The van der Waals surface area contributed by atoms with Crippen molar-refractivity contribution in [3.63, 3.8) is 0 Å². The van der Waals surface area contributed by atoms with Gasteiger partial charge in [-0.1, -0.05) is 0 Å². The lowest BCUT2D eigenvalue weighted by Crippen LogP contribution is -2.21. The molecule has 1 amide bonds. The number of anilines is 1. The highest BCUT2D eigenvalue weighted by Crippen LogP contribution is 2.33. The van der Waals surface area contributed by atoms with Gasteiger partial charge in [0.25, 0.3) is 5.91 Å². The molecule has 0 aliphatic heterocycles. The summed E-state index contributed by atoms with van der Waals surface area (Å²) in [6, 6.07) is 1.41. The Morgan fingerprint density at radius 2 is 2.08 bits per heavy atom. The lowest BCUT2D eigenvalue weighted by molar-refractivity contribution is -0.137. The molecule has 2 aromatic rings. The Balaban J connectivity index is 2.30. The van der Waals surface area contributed by atoms with E-state index >= 15 is 0 Å². The van der Waals surface area contributed by atoms with Crippen LogP contribution in [0.2, 0.25) is 0 Å². The van der Waals surface area contributed by atoms with Gasteiger partial charge in [-0.25, -0.2) is 9.48 Å². The van der Waals surface area contributed by atoms with E-state index in [0.29, 0.717) is 10.6 Å². The second-order valence-corrected chi connectivity index (χ2v) is 6.15. The van der Waals surface area contributed by atoms with Crippen molar-refractivity contribution in [3.05, 3.63) is 34.0 Å². The van der Waals surface area contributed by atoms with Crippen LogP contribution in [0.1, 0.15) is 38.2 Å². The average Bonchev–Trinajstić information content (AvgIpc) is 3.04. The lowest BCUT2D eigenvalue weighted by atomic mass is 10.1. The molecular weight excluding hydrogens is 334 g/mol. The summed E-state index contributed by atoms with van der Waals surface area (Å²) in [7, 11) is 0. The summed E-state index contributed by atoms with van der Waals surface area (Å²) in [6.45, 7) is 5.12. The van der Waals surface area contributed by atoms with Crippen LogP contribution in [0.3, 0.4) is 0 Å². The fourth-order valence-corrected chi connectivity index (χ4v) is 3.15. The number of aliphatic carboxylic acids is 1. The third-order valence-electron chi connectivity index (χ3n) is 3.33. The molecule has 24 heavy (non-hydrogen) atoms. The van der Waals surface area contributed by atoms with Crippen LogP contribution >= 0.6 is 11.3 Å². The van der Waals surface area contributed by atoms with Crippen LogP contribution < -0.4 is 5.32 Å². The highest BCUT2D eigenvalue weighted by molar-refractivity contribution is 7.16. The van der Waals surface area contributed by atoms with Crippen LogP contribution in [0.15, 0.2) is 12.3 Å². The Kier molecular flexibility index (Phi) is 5.35. The van der Waals surface area contributed by atoms with Crippen molar-refractivity contribution in [2.24, 2.45) is 0 Å². The van der Waals surface area contributed by atoms with Gasteiger partial charge in [0.05, 0.1) is 12.2 Å². The largest absolute Gasteiger partial charge is 0.480 e. The van der Waals surface area contributed by atoms with Crippen molar-refractivity contribution in [1.29, 1.82) is 0 Å². The van der Waals surface area contributed by atoms with Gasteiger partial charge in [-0.2, -0.15) is 5.10 Å².